The van der Waals surface area contributed by atoms with Crippen molar-refractivity contribution < 1.29 is 0 Å². The highest BCUT2D eigenvalue weighted by Crippen LogP contribution is 2.19. The number of hydrogen-bond donors (Lipinski definition) is 1. The van der Waals surface area contributed by atoms with Crippen LogP contribution in [0.25, 0.3) is 0 Å². The van der Waals surface area contributed by atoms with E-state index in [-0.39, 0.29) is 0 Å². The minimum atomic E-state index is 0.350. The van der Waals surface area contributed by atoms with E-state index in [1.54, 1.807) is 0 Å². The number of nitrogens with zero attached hydrogens (tertiary/aromatic N) is 3. The van der Waals surface area contributed by atoms with Crippen molar-refractivity contribution in [1.82, 2.24) is 10.3 Å². The first-order chi connectivity index (χ1) is 9.33. The Morgan fingerprint density at radius 3 is 2.68 bits per heavy atom. The van der Waals surface area contributed by atoms with Crippen LogP contribution < -0.4 is 10.2 Å². The van der Waals surface area contributed by atoms with Gasteiger partial charge in [0.2, 0.25) is 0 Å². The molecule has 0 aliphatic carbocycles. The number of anilines is 1. The number of pyridine rings is 1. The third-order valence-corrected chi connectivity index (χ3v) is 3.82. The van der Waals surface area contributed by atoms with Crippen molar-refractivity contribution >= 4 is 5.69 Å². The summed E-state index contributed by atoms with van der Waals surface area (Å²) in [6.45, 7) is 4.29. The number of hydrogen-bond acceptors (Lipinski definition) is 4. The fourth-order valence-electron chi connectivity index (χ4n) is 2.62. The van der Waals surface area contributed by atoms with Gasteiger partial charge in [-0.3, -0.25) is 4.98 Å². The number of nitrogens with one attached hydrogen (secondary N) is 1. The molecule has 0 bridgehead atoms. The van der Waals surface area contributed by atoms with E-state index in [1.807, 2.05) is 12.4 Å². The molecule has 2 rings (SSSR count). The summed E-state index contributed by atoms with van der Waals surface area (Å²) in [4.78, 5) is 6.46. The standard InChI is InChI=1S/C15H22N4/c1-2-13(3-8-16)18-14-6-11-19(12-7-14)15-4-9-17-10-5-15/h4-5,9-10,13-14,18H,2-3,6-7,11-12H2,1H3. The normalized spacial score (nSPS) is 18.0. The second-order valence-electron chi connectivity index (χ2n) is 5.10. The number of rotatable bonds is 5. The van der Waals surface area contributed by atoms with Gasteiger partial charge in [0, 0.05) is 43.3 Å². The highest BCUT2D eigenvalue weighted by Gasteiger charge is 2.21. The Kier molecular flexibility index (Phi) is 5.17. The molecule has 1 saturated heterocycles. The van der Waals surface area contributed by atoms with E-state index in [0.29, 0.717) is 18.5 Å². The molecule has 2 heterocycles. The number of nitriles is 1. The lowest BCUT2D eigenvalue weighted by atomic mass is 10.0. The van der Waals surface area contributed by atoms with Gasteiger partial charge in [0.1, 0.15) is 0 Å². The average Bonchev–Trinajstić information content (AvgIpc) is 2.48. The van der Waals surface area contributed by atoms with E-state index < -0.39 is 0 Å². The predicted octanol–water partition coefficient (Wildman–Crippen LogP) is 2.33. The van der Waals surface area contributed by atoms with E-state index in [2.05, 4.69) is 40.3 Å². The largest absolute Gasteiger partial charge is 0.371 e. The monoisotopic (exact) mass is 258 g/mol. The zero-order valence-corrected chi connectivity index (χ0v) is 11.5. The highest BCUT2D eigenvalue weighted by atomic mass is 15.1. The number of piperidine rings is 1. The summed E-state index contributed by atoms with van der Waals surface area (Å²) in [7, 11) is 0. The summed E-state index contributed by atoms with van der Waals surface area (Å²) in [5.74, 6) is 0. The third kappa shape index (κ3) is 3.93. The van der Waals surface area contributed by atoms with Crippen LogP contribution in [0, 0.1) is 11.3 Å². The maximum absolute atomic E-state index is 8.78. The van der Waals surface area contributed by atoms with Gasteiger partial charge in [-0.05, 0) is 31.4 Å². The van der Waals surface area contributed by atoms with Gasteiger partial charge in [-0.1, -0.05) is 6.92 Å². The molecule has 4 nitrogen and oxygen atoms in total. The fourth-order valence-corrected chi connectivity index (χ4v) is 2.62. The molecule has 1 fully saturated rings. The van der Waals surface area contributed by atoms with Gasteiger partial charge in [-0.2, -0.15) is 5.26 Å². The van der Waals surface area contributed by atoms with Crippen LogP contribution >= 0.6 is 0 Å². The molecule has 1 aromatic heterocycles. The van der Waals surface area contributed by atoms with E-state index in [1.165, 1.54) is 5.69 Å². The van der Waals surface area contributed by atoms with Gasteiger partial charge in [-0.25, -0.2) is 0 Å². The summed E-state index contributed by atoms with van der Waals surface area (Å²) >= 11 is 0. The Hall–Kier alpha value is -1.60. The lowest BCUT2D eigenvalue weighted by molar-refractivity contribution is 0.361. The molecule has 1 aliphatic rings. The van der Waals surface area contributed by atoms with Crippen LogP contribution in [0.1, 0.15) is 32.6 Å². The maximum atomic E-state index is 8.78. The second-order valence-corrected chi connectivity index (χ2v) is 5.10. The van der Waals surface area contributed by atoms with Gasteiger partial charge in [-0.15, -0.1) is 0 Å². The summed E-state index contributed by atoms with van der Waals surface area (Å²) in [5.41, 5.74) is 1.26. The molecule has 0 amide bonds. The van der Waals surface area contributed by atoms with Crippen molar-refractivity contribution in [3.63, 3.8) is 0 Å². The molecule has 4 heteroatoms. The van der Waals surface area contributed by atoms with Crippen LogP contribution in [-0.4, -0.2) is 30.2 Å². The van der Waals surface area contributed by atoms with Crippen LogP contribution in [0.3, 0.4) is 0 Å². The van der Waals surface area contributed by atoms with Crippen molar-refractivity contribution in [2.24, 2.45) is 0 Å². The van der Waals surface area contributed by atoms with E-state index in [4.69, 9.17) is 5.26 Å². The average molecular weight is 258 g/mol. The van der Waals surface area contributed by atoms with Crippen LogP contribution in [0.2, 0.25) is 0 Å². The quantitative estimate of drug-likeness (QED) is 0.880. The van der Waals surface area contributed by atoms with Crippen LogP contribution in [0.5, 0.6) is 0 Å². The molecule has 0 saturated carbocycles. The minimum Gasteiger partial charge on any atom is -0.371 e. The predicted molar refractivity (Wildman–Crippen MR) is 76.9 cm³/mol. The molecule has 1 N–H and O–H groups in total. The van der Waals surface area contributed by atoms with Crippen molar-refractivity contribution in [1.29, 1.82) is 5.26 Å². The summed E-state index contributed by atoms with van der Waals surface area (Å²) in [6.07, 6.45) is 7.62. The Morgan fingerprint density at radius 2 is 2.11 bits per heavy atom. The van der Waals surface area contributed by atoms with Gasteiger partial charge in [0.15, 0.2) is 0 Å². The lowest BCUT2D eigenvalue weighted by Gasteiger charge is -2.35. The van der Waals surface area contributed by atoms with Crippen molar-refractivity contribution in [3.8, 4) is 6.07 Å². The summed E-state index contributed by atoms with van der Waals surface area (Å²) < 4.78 is 0. The fraction of sp³-hybridized carbons (Fsp3) is 0.600. The molecule has 1 atom stereocenters. The molecule has 1 unspecified atom stereocenters. The number of aromatic nitrogens is 1. The van der Waals surface area contributed by atoms with E-state index in [0.717, 1.165) is 32.4 Å². The lowest BCUT2D eigenvalue weighted by Crippen LogP contribution is -2.46. The molecule has 0 radical (unpaired) electrons. The van der Waals surface area contributed by atoms with E-state index >= 15 is 0 Å². The Labute approximate surface area is 115 Å². The SMILES string of the molecule is CCC(CC#N)NC1CCN(c2ccncc2)CC1. The van der Waals surface area contributed by atoms with Crippen LogP contribution in [0.4, 0.5) is 5.69 Å². The molecule has 102 valence electrons. The molecule has 1 aromatic rings. The maximum Gasteiger partial charge on any atom is 0.0638 e. The first-order valence-electron chi connectivity index (χ1n) is 7.11. The molecule has 0 spiro atoms. The third-order valence-electron chi connectivity index (χ3n) is 3.82. The zero-order valence-electron chi connectivity index (χ0n) is 11.5. The minimum absolute atomic E-state index is 0.350. The molecule has 1 aliphatic heterocycles. The zero-order chi connectivity index (χ0) is 13.5. The van der Waals surface area contributed by atoms with E-state index in [9.17, 15) is 0 Å². The van der Waals surface area contributed by atoms with Crippen LogP contribution in [-0.2, 0) is 0 Å². The van der Waals surface area contributed by atoms with Gasteiger partial charge >= 0.3 is 0 Å². The molecule has 0 aromatic carbocycles. The second kappa shape index (κ2) is 7.10. The summed E-state index contributed by atoms with van der Waals surface area (Å²) in [5, 5.41) is 12.4. The topological polar surface area (TPSA) is 52.0 Å². The van der Waals surface area contributed by atoms with Gasteiger partial charge < -0.3 is 10.2 Å². The van der Waals surface area contributed by atoms with Crippen molar-refractivity contribution in [2.45, 2.75) is 44.7 Å². The molecular weight excluding hydrogens is 236 g/mol. The van der Waals surface area contributed by atoms with Gasteiger partial charge in [0.05, 0.1) is 12.5 Å². The molecule has 19 heavy (non-hydrogen) atoms. The smallest absolute Gasteiger partial charge is 0.0638 e. The summed E-state index contributed by atoms with van der Waals surface area (Å²) in [6, 6.07) is 7.30. The Bertz CT molecular complexity index is 404. The first kappa shape index (κ1) is 13.8. The highest BCUT2D eigenvalue weighted by molar-refractivity contribution is 5.44. The van der Waals surface area contributed by atoms with Crippen molar-refractivity contribution in [3.05, 3.63) is 24.5 Å². The Balaban J connectivity index is 1.81. The van der Waals surface area contributed by atoms with Gasteiger partial charge in [0.25, 0.3) is 0 Å². The molecular formula is C15H22N4. The van der Waals surface area contributed by atoms with Crippen LogP contribution in [0.15, 0.2) is 24.5 Å². The first-order valence-corrected chi connectivity index (χ1v) is 7.11. The Morgan fingerprint density at radius 1 is 1.42 bits per heavy atom. The van der Waals surface area contributed by atoms with Crippen molar-refractivity contribution in [2.75, 3.05) is 18.0 Å².